The maximum atomic E-state index is 11.4. The van der Waals surface area contributed by atoms with Crippen molar-refractivity contribution in [3.05, 3.63) is 39.5 Å². The summed E-state index contributed by atoms with van der Waals surface area (Å²) in [6.07, 6.45) is 0. The first-order chi connectivity index (χ1) is 8.04. The van der Waals surface area contributed by atoms with Gasteiger partial charge in [0.25, 0.3) is 0 Å². The fraction of sp³-hybridized carbons (Fsp3) is 0.167. The van der Waals surface area contributed by atoms with Crippen molar-refractivity contribution >= 4 is 40.1 Å². The molecule has 0 saturated heterocycles. The summed E-state index contributed by atoms with van der Waals surface area (Å²) < 4.78 is 4.63. The van der Waals surface area contributed by atoms with Gasteiger partial charge in [0.2, 0.25) is 0 Å². The van der Waals surface area contributed by atoms with Gasteiger partial charge in [-0.1, -0.05) is 29.3 Å². The number of esters is 1. The summed E-state index contributed by atoms with van der Waals surface area (Å²) >= 11 is 12.0. The summed E-state index contributed by atoms with van der Waals surface area (Å²) in [5, 5.41) is 1.62. The lowest BCUT2D eigenvalue weighted by Crippen LogP contribution is -2.05. The Hall–Kier alpha value is -1.32. The first kappa shape index (κ1) is 12.1. The SMILES string of the molecule is COC(=O)c1cc(C)c2ccc(Cl)c(Cl)c2n1. The monoisotopic (exact) mass is 269 g/mol. The predicted molar refractivity (Wildman–Crippen MR) is 67.8 cm³/mol. The quantitative estimate of drug-likeness (QED) is 0.742. The summed E-state index contributed by atoms with van der Waals surface area (Å²) in [7, 11) is 1.31. The second kappa shape index (κ2) is 4.51. The topological polar surface area (TPSA) is 39.2 Å². The van der Waals surface area contributed by atoms with Gasteiger partial charge < -0.3 is 4.74 Å². The minimum absolute atomic E-state index is 0.224. The third-order valence-electron chi connectivity index (χ3n) is 2.47. The number of rotatable bonds is 1. The number of benzene rings is 1. The van der Waals surface area contributed by atoms with Gasteiger partial charge in [-0.25, -0.2) is 9.78 Å². The Morgan fingerprint density at radius 3 is 2.71 bits per heavy atom. The van der Waals surface area contributed by atoms with E-state index in [1.54, 1.807) is 12.1 Å². The van der Waals surface area contributed by atoms with Gasteiger partial charge in [0.15, 0.2) is 0 Å². The van der Waals surface area contributed by atoms with Crippen LogP contribution in [-0.2, 0) is 4.74 Å². The van der Waals surface area contributed by atoms with E-state index >= 15 is 0 Å². The first-order valence-electron chi connectivity index (χ1n) is 4.88. The number of hydrogen-bond donors (Lipinski definition) is 0. The number of carbonyl (C=O) groups is 1. The van der Waals surface area contributed by atoms with Crippen molar-refractivity contribution in [1.82, 2.24) is 4.98 Å². The van der Waals surface area contributed by atoms with Crippen molar-refractivity contribution in [2.24, 2.45) is 0 Å². The first-order valence-corrected chi connectivity index (χ1v) is 5.64. The van der Waals surface area contributed by atoms with Gasteiger partial charge >= 0.3 is 5.97 Å². The molecule has 0 saturated carbocycles. The molecule has 0 fully saturated rings. The van der Waals surface area contributed by atoms with Crippen LogP contribution in [0, 0.1) is 6.92 Å². The molecule has 0 aliphatic carbocycles. The zero-order valence-corrected chi connectivity index (χ0v) is 10.8. The largest absolute Gasteiger partial charge is 0.464 e. The van der Waals surface area contributed by atoms with Crippen molar-refractivity contribution in [2.45, 2.75) is 6.92 Å². The summed E-state index contributed by atoms with van der Waals surface area (Å²) in [5.74, 6) is -0.494. The lowest BCUT2D eigenvalue weighted by molar-refractivity contribution is 0.0594. The summed E-state index contributed by atoms with van der Waals surface area (Å²) in [5.41, 5.74) is 1.63. The normalized spacial score (nSPS) is 10.6. The molecule has 3 nitrogen and oxygen atoms in total. The molecule has 0 amide bonds. The van der Waals surface area contributed by atoms with Gasteiger partial charge in [-0.15, -0.1) is 0 Å². The average Bonchev–Trinajstić information content (AvgIpc) is 2.33. The van der Waals surface area contributed by atoms with Crippen LogP contribution < -0.4 is 0 Å². The molecule has 1 heterocycles. The van der Waals surface area contributed by atoms with Gasteiger partial charge in [0.1, 0.15) is 5.69 Å². The minimum atomic E-state index is -0.494. The maximum Gasteiger partial charge on any atom is 0.356 e. The number of ether oxygens (including phenoxy) is 1. The van der Waals surface area contributed by atoms with Crippen LogP contribution in [0.3, 0.4) is 0 Å². The van der Waals surface area contributed by atoms with E-state index in [2.05, 4.69) is 9.72 Å². The lowest BCUT2D eigenvalue weighted by Gasteiger charge is -2.07. The molecule has 0 bridgehead atoms. The second-order valence-corrected chi connectivity index (χ2v) is 4.36. The Balaban J connectivity index is 2.79. The number of nitrogens with zero attached hydrogens (tertiary/aromatic N) is 1. The minimum Gasteiger partial charge on any atom is -0.464 e. The van der Waals surface area contributed by atoms with Crippen molar-refractivity contribution in [3.8, 4) is 0 Å². The number of pyridine rings is 1. The molecule has 1 aromatic carbocycles. The van der Waals surface area contributed by atoms with Crippen LogP contribution in [0.2, 0.25) is 10.0 Å². The fourth-order valence-electron chi connectivity index (χ4n) is 1.61. The van der Waals surface area contributed by atoms with Crippen molar-refractivity contribution in [3.63, 3.8) is 0 Å². The molecular weight excluding hydrogens is 261 g/mol. The van der Waals surface area contributed by atoms with Gasteiger partial charge in [-0.2, -0.15) is 0 Å². The number of halogens is 2. The average molecular weight is 270 g/mol. The van der Waals surface area contributed by atoms with Crippen molar-refractivity contribution in [1.29, 1.82) is 0 Å². The van der Waals surface area contributed by atoms with E-state index in [1.807, 2.05) is 13.0 Å². The molecule has 2 rings (SSSR count). The molecule has 0 aliphatic heterocycles. The highest BCUT2D eigenvalue weighted by atomic mass is 35.5. The van der Waals surface area contributed by atoms with E-state index in [-0.39, 0.29) is 5.69 Å². The van der Waals surface area contributed by atoms with Crippen LogP contribution in [0.4, 0.5) is 0 Å². The van der Waals surface area contributed by atoms with E-state index in [1.165, 1.54) is 7.11 Å². The highest BCUT2D eigenvalue weighted by Crippen LogP contribution is 2.31. The molecule has 5 heteroatoms. The highest BCUT2D eigenvalue weighted by molar-refractivity contribution is 6.45. The van der Waals surface area contributed by atoms with Gasteiger partial charge in [0, 0.05) is 5.39 Å². The van der Waals surface area contributed by atoms with E-state index in [4.69, 9.17) is 23.2 Å². The Bertz CT molecular complexity index is 611. The van der Waals surface area contributed by atoms with Crippen LogP contribution in [0.15, 0.2) is 18.2 Å². The molecule has 0 unspecified atom stereocenters. The van der Waals surface area contributed by atoms with Gasteiger partial charge in [0.05, 0.1) is 22.7 Å². The third-order valence-corrected chi connectivity index (χ3v) is 3.27. The molecule has 0 aliphatic rings. The Morgan fingerprint density at radius 2 is 2.06 bits per heavy atom. The van der Waals surface area contributed by atoms with E-state index < -0.39 is 5.97 Å². The summed E-state index contributed by atoms with van der Waals surface area (Å²) in [4.78, 5) is 15.6. The molecule has 17 heavy (non-hydrogen) atoms. The summed E-state index contributed by atoms with van der Waals surface area (Å²) in [6.45, 7) is 1.88. The van der Waals surface area contributed by atoms with E-state index in [0.29, 0.717) is 15.6 Å². The molecule has 1 aromatic heterocycles. The predicted octanol–water partition coefficient (Wildman–Crippen LogP) is 3.64. The fourth-order valence-corrected chi connectivity index (χ4v) is 1.97. The zero-order valence-electron chi connectivity index (χ0n) is 9.25. The number of methoxy groups -OCH3 is 1. The van der Waals surface area contributed by atoms with Crippen molar-refractivity contribution < 1.29 is 9.53 Å². The van der Waals surface area contributed by atoms with Gasteiger partial charge in [-0.05, 0) is 24.6 Å². The molecule has 0 atom stereocenters. The number of aryl methyl sites for hydroxylation is 1. The van der Waals surface area contributed by atoms with E-state index in [0.717, 1.165) is 10.9 Å². The van der Waals surface area contributed by atoms with Crippen LogP contribution >= 0.6 is 23.2 Å². The Morgan fingerprint density at radius 1 is 1.35 bits per heavy atom. The second-order valence-electron chi connectivity index (χ2n) is 3.57. The molecular formula is C12H9Cl2NO2. The number of aromatic nitrogens is 1. The third kappa shape index (κ3) is 2.08. The highest BCUT2D eigenvalue weighted by Gasteiger charge is 2.13. The molecule has 0 spiro atoms. The maximum absolute atomic E-state index is 11.4. The number of carbonyl (C=O) groups excluding carboxylic acids is 1. The van der Waals surface area contributed by atoms with Crippen LogP contribution in [-0.4, -0.2) is 18.1 Å². The molecule has 0 radical (unpaired) electrons. The lowest BCUT2D eigenvalue weighted by atomic mass is 10.1. The Kier molecular flexibility index (Phi) is 3.22. The molecule has 2 aromatic rings. The number of hydrogen-bond acceptors (Lipinski definition) is 3. The molecule has 0 N–H and O–H groups in total. The van der Waals surface area contributed by atoms with Crippen molar-refractivity contribution in [2.75, 3.05) is 7.11 Å². The van der Waals surface area contributed by atoms with E-state index in [9.17, 15) is 4.79 Å². The Labute approximate surface area is 108 Å². The molecule has 88 valence electrons. The summed E-state index contributed by atoms with van der Waals surface area (Å²) in [6, 6.07) is 5.20. The standard InChI is InChI=1S/C12H9Cl2NO2/c1-6-5-9(12(16)17-2)15-11-7(6)3-4-8(13)10(11)14/h3-5H,1-2H3. The van der Waals surface area contributed by atoms with Crippen LogP contribution in [0.5, 0.6) is 0 Å². The number of fused-ring (bicyclic) bond motifs is 1. The van der Waals surface area contributed by atoms with Crippen LogP contribution in [0.25, 0.3) is 10.9 Å². The zero-order chi connectivity index (χ0) is 12.6. The van der Waals surface area contributed by atoms with Gasteiger partial charge in [-0.3, -0.25) is 0 Å². The smallest absolute Gasteiger partial charge is 0.356 e. The van der Waals surface area contributed by atoms with Crippen LogP contribution in [0.1, 0.15) is 16.1 Å².